The summed E-state index contributed by atoms with van der Waals surface area (Å²) in [6.07, 6.45) is 2.06. The molecule has 3 fully saturated rings. The van der Waals surface area contributed by atoms with Crippen molar-refractivity contribution >= 4 is 11.9 Å². The van der Waals surface area contributed by atoms with Gasteiger partial charge in [-0.25, -0.2) is 0 Å². The average Bonchev–Trinajstić information content (AvgIpc) is 2.75. The Kier molecular flexibility index (Phi) is 1.54. The van der Waals surface area contributed by atoms with Gasteiger partial charge in [-0.05, 0) is 19.3 Å². The number of aliphatic carboxylic acids is 1. The molecule has 0 aromatic carbocycles. The Balaban J connectivity index is 2.03. The van der Waals surface area contributed by atoms with Gasteiger partial charge in [0.2, 0.25) is 0 Å². The van der Waals surface area contributed by atoms with Crippen molar-refractivity contribution in [1.82, 2.24) is 0 Å². The minimum atomic E-state index is -0.954. The maximum atomic E-state index is 11.7. The van der Waals surface area contributed by atoms with Crippen molar-refractivity contribution in [2.45, 2.75) is 37.4 Å². The van der Waals surface area contributed by atoms with Gasteiger partial charge in [0.25, 0.3) is 0 Å². The van der Waals surface area contributed by atoms with Crippen LogP contribution in [-0.4, -0.2) is 35.4 Å². The molecule has 0 aromatic rings. The molecule has 3 aliphatic rings. The number of carboxylic acid groups (broad SMARTS) is 1. The Morgan fingerprint density at radius 1 is 1.60 bits per heavy atom. The third-order valence-electron chi connectivity index (χ3n) is 3.99. The molecule has 0 aromatic heterocycles. The zero-order valence-corrected chi connectivity index (χ0v) is 8.19. The number of fused-ring (bicyclic) bond motifs is 1. The number of ether oxygens (including phenoxy) is 2. The van der Waals surface area contributed by atoms with E-state index >= 15 is 0 Å². The van der Waals surface area contributed by atoms with E-state index in [2.05, 4.69) is 0 Å². The van der Waals surface area contributed by atoms with Crippen molar-refractivity contribution in [1.29, 1.82) is 0 Å². The van der Waals surface area contributed by atoms with Gasteiger partial charge in [0, 0.05) is 0 Å². The highest BCUT2D eigenvalue weighted by atomic mass is 16.6. The summed E-state index contributed by atoms with van der Waals surface area (Å²) in [6.45, 7) is 0.232. The highest BCUT2D eigenvalue weighted by Crippen LogP contribution is 2.61. The SMILES string of the molecule is O=C(O)C[C@]12C[C@@H]3CC[C@@]1(COC2=O)O3. The second-order valence-electron chi connectivity index (χ2n) is 4.71. The van der Waals surface area contributed by atoms with Gasteiger partial charge in [-0.15, -0.1) is 0 Å². The molecule has 3 saturated heterocycles. The lowest BCUT2D eigenvalue weighted by Gasteiger charge is -2.32. The van der Waals surface area contributed by atoms with E-state index in [1.165, 1.54) is 0 Å². The predicted molar refractivity (Wildman–Crippen MR) is 47.1 cm³/mol. The number of hydrogen-bond donors (Lipinski definition) is 1. The van der Waals surface area contributed by atoms with Crippen LogP contribution in [0, 0.1) is 5.41 Å². The smallest absolute Gasteiger partial charge is 0.315 e. The number of hydrogen-bond acceptors (Lipinski definition) is 4. The molecular formula is C10H12O5. The van der Waals surface area contributed by atoms with E-state index in [1.807, 2.05) is 0 Å². The molecule has 3 aliphatic heterocycles. The van der Waals surface area contributed by atoms with Crippen LogP contribution < -0.4 is 0 Å². The van der Waals surface area contributed by atoms with Crippen LogP contribution >= 0.6 is 0 Å². The minimum absolute atomic E-state index is 0.0530. The number of carbonyl (C=O) groups is 2. The van der Waals surface area contributed by atoms with Crippen molar-refractivity contribution in [3.05, 3.63) is 0 Å². The lowest BCUT2D eigenvalue weighted by atomic mass is 9.65. The molecule has 0 saturated carbocycles. The van der Waals surface area contributed by atoms with Gasteiger partial charge in [0.05, 0.1) is 12.5 Å². The fourth-order valence-corrected chi connectivity index (χ4v) is 3.30. The normalized spacial score (nSPS) is 46.7. The molecule has 5 heteroatoms. The molecule has 3 heterocycles. The molecule has 1 spiro atoms. The Hall–Kier alpha value is -1.10. The van der Waals surface area contributed by atoms with E-state index in [1.54, 1.807) is 0 Å². The number of carboxylic acids is 1. The van der Waals surface area contributed by atoms with E-state index in [0.717, 1.165) is 12.8 Å². The van der Waals surface area contributed by atoms with Crippen LogP contribution in [0.5, 0.6) is 0 Å². The maximum absolute atomic E-state index is 11.7. The first kappa shape index (κ1) is 9.15. The maximum Gasteiger partial charge on any atom is 0.315 e. The standard InChI is InChI=1S/C10H12O5/c11-7(12)4-9-3-6-1-2-10(9,15-6)5-14-8(9)13/h6H,1-5H2,(H,11,12)/t6-,9-,10-/m0/s1. The highest BCUT2D eigenvalue weighted by Gasteiger charge is 2.72. The lowest BCUT2D eigenvalue weighted by Crippen LogP contribution is -2.47. The number of cyclic esters (lactones) is 1. The predicted octanol–water partition coefficient (Wildman–Crippen LogP) is 0.326. The first-order chi connectivity index (χ1) is 7.08. The fourth-order valence-electron chi connectivity index (χ4n) is 3.30. The summed E-state index contributed by atoms with van der Waals surface area (Å²) >= 11 is 0. The topological polar surface area (TPSA) is 72.8 Å². The monoisotopic (exact) mass is 212 g/mol. The number of carbonyl (C=O) groups excluding carboxylic acids is 1. The molecule has 15 heavy (non-hydrogen) atoms. The van der Waals surface area contributed by atoms with Gasteiger partial charge >= 0.3 is 11.9 Å². The van der Waals surface area contributed by atoms with Crippen LogP contribution in [0.15, 0.2) is 0 Å². The quantitative estimate of drug-likeness (QED) is 0.667. The van der Waals surface area contributed by atoms with Crippen molar-refractivity contribution in [2.24, 2.45) is 5.41 Å². The van der Waals surface area contributed by atoms with Gasteiger partial charge in [0.15, 0.2) is 0 Å². The Morgan fingerprint density at radius 2 is 2.40 bits per heavy atom. The van der Waals surface area contributed by atoms with Gasteiger partial charge < -0.3 is 14.6 Å². The van der Waals surface area contributed by atoms with Crippen LogP contribution in [0.4, 0.5) is 0 Å². The first-order valence-corrected chi connectivity index (χ1v) is 5.15. The van der Waals surface area contributed by atoms with E-state index in [0.29, 0.717) is 6.42 Å². The summed E-state index contributed by atoms with van der Waals surface area (Å²) in [4.78, 5) is 22.6. The molecule has 3 rings (SSSR count). The van der Waals surface area contributed by atoms with E-state index in [9.17, 15) is 9.59 Å². The minimum Gasteiger partial charge on any atom is -0.481 e. The van der Waals surface area contributed by atoms with Gasteiger partial charge in [-0.1, -0.05) is 0 Å². The third kappa shape index (κ3) is 0.916. The molecule has 5 nitrogen and oxygen atoms in total. The second-order valence-corrected chi connectivity index (χ2v) is 4.71. The van der Waals surface area contributed by atoms with E-state index in [4.69, 9.17) is 14.6 Å². The lowest BCUT2D eigenvalue weighted by molar-refractivity contribution is -0.154. The summed E-state index contributed by atoms with van der Waals surface area (Å²) in [5.41, 5.74) is -1.53. The van der Waals surface area contributed by atoms with Gasteiger partial charge in [-0.3, -0.25) is 9.59 Å². The third-order valence-corrected chi connectivity index (χ3v) is 3.99. The van der Waals surface area contributed by atoms with E-state index < -0.39 is 17.0 Å². The van der Waals surface area contributed by atoms with Crippen molar-refractivity contribution in [3.63, 3.8) is 0 Å². The summed E-state index contributed by atoms with van der Waals surface area (Å²) in [5, 5.41) is 8.90. The van der Waals surface area contributed by atoms with E-state index in [-0.39, 0.29) is 25.1 Å². The summed E-state index contributed by atoms with van der Waals surface area (Å²) < 4.78 is 10.8. The van der Waals surface area contributed by atoms with Gasteiger partial charge in [-0.2, -0.15) is 0 Å². The summed E-state index contributed by atoms with van der Waals surface area (Å²) in [6, 6.07) is 0. The number of rotatable bonds is 2. The molecule has 0 aliphatic carbocycles. The first-order valence-electron chi connectivity index (χ1n) is 5.15. The van der Waals surface area contributed by atoms with Crippen LogP contribution in [0.25, 0.3) is 0 Å². The molecular weight excluding hydrogens is 200 g/mol. The molecule has 0 radical (unpaired) electrons. The van der Waals surface area contributed by atoms with Gasteiger partial charge in [0.1, 0.15) is 17.6 Å². The van der Waals surface area contributed by atoms with Crippen LogP contribution in [0.1, 0.15) is 25.7 Å². The Morgan fingerprint density at radius 3 is 3.07 bits per heavy atom. The summed E-state index contributed by atoms with van der Waals surface area (Å²) in [5.74, 6) is -1.34. The average molecular weight is 212 g/mol. The molecule has 0 amide bonds. The Bertz CT molecular complexity index is 352. The molecule has 1 N–H and O–H groups in total. The molecule has 0 unspecified atom stereocenters. The fraction of sp³-hybridized carbons (Fsp3) is 0.800. The highest BCUT2D eigenvalue weighted by molar-refractivity contribution is 5.87. The molecule has 3 atom stereocenters. The second kappa shape index (κ2) is 2.52. The largest absolute Gasteiger partial charge is 0.481 e. The van der Waals surface area contributed by atoms with Crippen LogP contribution in [0.3, 0.4) is 0 Å². The van der Waals surface area contributed by atoms with Crippen LogP contribution in [-0.2, 0) is 19.1 Å². The van der Waals surface area contributed by atoms with Crippen LogP contribution in [0.2, 0.25) is 0 Å². The Labute approximate surface area is 86.4 Å². The van der Waals surface area contributed by atoms with Crippen molar-refractivity contribution in [3.8, 4) is 0 Å². The molecule has 82 valence electrons. The number of esters is 1. The van der Waals surface area contributed by atoms with Crippen molar-refractivity contribution < 1.29 is 24.2 Å². The summed E-state index contributed by atoms with van der Waals surface area (Å²) in [7, 11) is 0. The van der Waals surface area contributed by atoms with Crippen molar-refractivity contribution in [2.75, 3.05) is 6.61 Å². The zero-order valence-electron chi connectivity index (χ0n) is 8.19. The zero-order chi connectivity index (χ0) is 10.7. The molecule has 2 bridgehead atoms.